The van der Waals surface area contributed by atoms with Gasteiger partial charge in [0.05, 0.1) is 0 Å². The van der Waals surface area contributed by atoms with Crippen LogP contribution in [0.15, 0.2) is 23.1 Å². The number of thioether (sulfide) groups is 1. The van der Waals surface area contributed by atoms with Crippen LogP contribution in [0.25, 0.3) is 0 Å². The van der Waals surface area contributed by atoms with E-state index in [-0.39, 0.29) is 5.78 Å². The summed E-state index contributed by atoms with van der Waals surface area (Å²) in [5.74, 6) is 0.213. The molecule has 0 saturated heterocycles. The summed E-state index contributed by atoms with van der Waals surface area (Å²) in [7, 11) is 0. The van der Waals surface area contributed by atoms with Crippen molar-refractivity contribution >= 4 is 33.5 Å². The Morgan fingerprint density at radius 2 is 2.14 bits per heavy atom. The van der Waals surface area contributed by atoms with E-state index in [9.17, 15) is 4.79 Å². The maximum absolute atomic E-state index is 11.1. The number of hydrogen-bond donors (Lipinski definition) is 0. The zero-order valence-electron chi connectivity index (χ0n) is 8.34. The van der Waals surface area contributed by atoms with Crippen LogP contribution in [0.1, 0.15) is 18.1 Å². The first kappa shape index (κ1) is 11.8. The quantitative estimate of drug-likeness (QED) is 0.617. The molecule has 0 atom stereocenters. The second-order valence-electron chi connectivity index (χ2n) is 3.15. The highest BCUT2D eigenvalue weighted by molar-refractivity contribution is 9.08. The molecule has 0 saturated carbocycles. The lowest BCUT2D eigenvalue weighted by molar-refractivity contribution is -0.116. The first-order valence-corrected chi connectivity index (χ1v) is 6.73. The van der Waals surface area contributed by atoms with Crippen molar-refractivity contribution in [1.82, 2.24) is 0 Å². The van der Waals surface area contributed by atoms with Crippen molar-refractivity contribution in [3.63, 3.8) is 0 Å². The van der Waals surface area contributed by atoms with E-state index in [1.54, 1.807) is 18.7 Å². The molecule has 0 aliphatic rings. The Morgan fingerprint density at radius 3 is 2.64 bits per heavy atom. The second-order valence-corrected chi connectivity index (χ2v) is 4.59. The van der Waals surface area contributed by atoms with Crippen molar-refractivity contribution < 1.29 is 4.79 Å². The molecule has 0 N–H and O–H groups in total. The molecular formula is C11H13BrOS. The van der Waals surface area contributed by atoms with Crippen LogP contribution in [0.4, 0.5) is 0 Å². The third kappa shape index (κ3) is 3.14. The van der Waals surface area contributed by atoms with Gasteiger partial charge in [-0.05, 0) is 36.4 Å². The molecule has 0 heterocycles. The third-order valence-electron chi connectivity index (χ3n) is 2.00. The van der Waals surface area contributed by atoms with E-state index in [2.05, 4.69) is 34.1 Å². The highest BCUT2D eigenvalue weighted by Gasteiger charge is 2.05. The smallest absolute Gasteiger partial charge is 0.134 e. The Kier molecular flexibility index (Phi) is 4.69. The molecule has 0 radical (unpaired) electrons. The lowest BCUT2D eigenvalue weighted by Gasteiger charge is -2.07. The minimum absolute atomic E-state index is 0.213. The molecule has 0 spiro atoms. The molecule has 0 unspecified atom stereocenters. The van der Waals surface area contributed by atoms with Gasteiger partial charge in [0.25, 0.3) is 0 Å². The van der Waals surface area contributed by atoms with E-state index in [0.29, 0.717) is 6.42 Å². The Bertz CT molecular complexity index is 336. The van der Waals surface area contributed by atoms with Crippen LogP contribution in [0.2, 0.25) is 0 Å². The van der Waals surface area contributed by atoms with Gasteiger partial charge in [-0.15, -0.1) is 11.8 Å². The van der Waals surface area contributed by atoms with E-state index in [4.69, 9.17) is 0 Å². The van der Waals surface area contributed by atoms with Crippen molar-refractivity contribution in [2.45, 2.75) is 23.6 Å². The maximum Gasteiger partial charge on any atom is 0.134 e. The molecule has 0 aliphatic carbocycles. The molecule has 0 fully saturated rings. The first-order valence-electron chi connectivity index (χ1n) is 4.38. The molecule has 0 amide bonds. The van der Waals surface area contributed by atoms with Crippen LogP contribution in [0, 0.1) is 0 Å². The predicted octanol–water partition coefficient (Wildman–Crippen LogP) is 3.43. The van der Waals surface area contributed by atoms with Gasteiger partial charge in [0, 0.05) is 16.6 Å². The molecule has 14 heavy (non-hydrogen) atoms. The SMILES string of the molecule is CSc1ccc(CBr)c(CC(C)=O)c1. The molecular weight excluding hydrogens is 260 g/mol. The number of halogens is 1. The highest BCUT2D eigenvalue weighted by Crippen LogP contribution is 2.21. The third-order valence-corrected chi connectivity index (χ3v) is 3.33. The van der Waals surface area contributed by atoms with Crippen molar-refractivity contribution in [2.24, 2.45) is 0 Å². The fraction of sp³-hybridized carbons (Fsp3) is 0.364. The van der Waals surface area contributed by atoms with E-state index in [1.165, 1.54) is 10.5 Å². The average Bonchev–Trinajstić information content (AvgIpc) is 2.16. The Balaban J connectivity index is 3.01. The highest BCUT2D eigenvalue weighted by atomic mass is 79.9. The number of carbonyl (C=O) groups excluding carboxylic acids is 1. The Labute approximate surface area is 97.4 Å². The molecule has 0 bridgehead atoms. The van der Waals surface area contributed by atoms with Crippen molar-refractivity contribution in [3.8, 4) is 0 Å². The van der Waals surface area contributed by atoms with Crippen LogP contribution in [0.3, 0.4) is 0 Å². The Hall–Kier alpha value is -0.280. The minimum atomic E-state index is 0.213. The molecule has 1 nitrogen and oxygen atoms in total. The lowest BCUT2D eigenvalue weighted by Crippen LogP contribution is -2.00. The van der Waals surface area contributed by atoms with Crippen molar-refractivity contribution in [3.05, 3.63) is 29.3 Å². The summed E-state index contributed by atoms with van der Waals surface area (Å²) in [6.45, 7) is 1.63. The van der Waals surface area contributed by atoms with E-state index < -0.39 is 0 Å². The predicted molar refractivity (Wildman–Crippen MR) is 65.2 cm³/mol. The summed E-state index contributed by atoms with van der Waals surface area (Å²) >= 11 is 5.13. The zero-order valence-corrected chi connectivity index (χ0v) is 10.7. The van der Waals surface area contributed by atoms with Crippen LogP contribution in [-0.2, 0) is 16.5 Å². The minimum Gasteiger partial charge on any atom is -0.300 e. The molecule has 1 aromatic rings. The fourth-order valence-corrected chi connectivity index (χ4v) is 2.30. The van der Waals surface area contributed by atoms with Gasteiger partial charge in [-0.1, -0.05) is 22.0 Å². The molecule has 0 aliphatic heterocycles. The second kappa shape index (κ2) is 5.56. The van der Waals surface area contributed by atoms with Gasteiger partial charge in [-0.2, -0.15) is 0 Å². The summed E-state index contributed by atoms with van der Waals surface area (Å²) in [6, 6.07) is 6.27. The first-order chi connectivity index (χ1) is 6.67. The molecule has 0 aromatic heterocycles. The van der Waals surface area contributed by atoms with Crippen LogP contribution < -0.4 is 0 Å². The van der Waals surface area contributed by atoms with Crippen LogP contribution in [0.5, 0.6) is 0 Å². The fourth-order valence-electron chi connectivity index (χ4n) is 1.29. The van der Waals surface area contributed by atoms with Crippen LogP contribution in [-0.4, -0.2) is 12.0 Å². The number of benzene rings is 1. The van der Waals surface area contributed by atoms with Gasteiger partial charge in [0.1, 0.15) is 5.78 Å². The number of Topliss-reactive ketones (excluding diaryl/α,β-unsaturated/α-hetero) is 1. The van der Waals surface area contributed by atoms with Gasteiger partial charge in [-0.25, -0.2) is 0 Å². The van der Waals surface area contributed by atoms with Crippen molar-refractivity contribution in [1.29, 1.82) is 0 Å². The number of rotatable bonds is 4. The van der Waals surface area contributed by atoms with E-state index >= 15 is 0 Å². The summed E-state index contributed by atoms with van der Waals surface area (Å²) in [6.07, 6.45) is 2.58. The standard InChI is InChI=1S/C11H13BrOS/c1-8(13)5-10-6-11(14-2)4-3-9(10)7-12/h3-4,6H,5,7H2,1-2H3. The van der Waals surface area contributed by atoms with E-state index in [1.807, 2.05) is 6.26 Å². The number of hydrogen-bond acceptors (Lipinski definition) is 2. The largest absolute Gasteiger partial charge is 0.300 e. The number of carbonyl (C=O) groups is 1. The molecule has 1 aromatic carbocycles. The number of ketones is 1. The Morgan fingerprint density at radius 1 is 1.43 bits per heavy atom. The van der Waals surface area contributed by atoms with Gasteiger partial charge in [0.2, 0.25) is 0 Å². The lowest BCUT2D eigenvalue weighted by atomic mass is 10.0. The van der Waals surface area contributed by atoms with Gasteiger partial charge in [0.15, 0.2) is 0 Å². The molecule has 1 rings (SSSR count). The number of alkyl halides is 1. The monoisotopic (exact) mass is 272 g/mol. The average molecular weight is 273 g/mol. The van der Waals surface area contributed by atoms with Gasteiger partial charge < -0.3 is 0 Å². The zero-order chi connectivity index (χ0) is 10.6. The van der Waals surface area contributed by atoms with Gasteiger partial charge in [-0.3, -0.25) is 4.79 Å². The maximum atomic E-state index is 11.1. The summed E-state index contributed by atoms with van der Waals surface area (Å²) in [5, 5.41) is 0.810. The van der Waals surface area contributed by atoms with Crippen LogP contribution >= 0.6 is 27.7 Å². The molecule has 76 valence electrons. The summed E-state index contributed by atoms with van der Waals surface area (Å²) < 4.78 is 0. The summed E-state index contributed by atoms with van der Waals surface area (Å²) in [4.78, 5) is 12.3. The summed E-state index contributed by atoms with van der Waals surface area (Å²) in [5.41, 5.74) is 2.35. The normalized spacial score (nSPS) is 10.2. The topological polar surface area (TPSA) is 17.1 Å². The van der Waals surface area contributed by atoms with Crippen molar-refractivity contribution in [2.75, 3.05) is 6.26 Å². The van der Waals surface area contributed by atoms with E-state index in [0.717, 1.165) is 10.9 Å². The molecule has 3 heteroatoms. The van der Waals surface area contributed by atoms with Gasteiger partial charge >= 0.3 is 0 Å².